The van der Waals surface area contributed by atoms with Gasteiger partial charge in [0.25, 0.3) is 12.3 Å². The first-order chi connectivity index (χ1) is 7.51. The lowest BCUT2D eigenvalue weighted by atomic mass is 10.2. The standard InChI is InChI=1S/C9H9F2NO4/c1-15-8-5(13)3-4(7(10)11)6(12-8)9(14)16-2/h3,7,13H,1-2H3. The molecule has 1 heterocycles. The van der Waals surface area contributed by atoms with Crippen molar-refractivity contribution in [2.24, 2.45) is 0 Å². The fourth-order valence-electron chi connectivity index (χ4n) is 1.08. The third kappa shape index (κ3) is 2.18. The number of carbonyl (C=O) groups is 1. The normalized spacial score (nSPS) is 10.3. The Kier molecular flexibility index (Phi) is 3.60. The number of nitrogens with zero attached hydrogens (tertiary/aromatic N) is 1. The van der Waals surface area contributed by atoms with E-state index in [1.807, 2.05) is 0 Å². The maximum Gasteiger partial charge on any atom is 0.357 e. The van der Waals surface area contributed by atoms with E-state index >= 15 is 0 Å². The fourth-order valence-corrected chi connectivity index (χ4v) is 1.08. The third-order valence-electron chi connectivity index (χ3n) is 1.81. The van der Waals surface area contributed by atoms with Crippen molar-refractivity contribution in [3.05, 3.63) is 17.3 Å². The quantitative estimate of drug-likeness (QED) is 0.801. The predicted octanol–water partition coefficient (Wildman–Crippen LogP) is 1.52. The largest absolute Gasteiger partial charge is 0.503 e. The summed E-state index contributed by atoms with van der Waals surface area (Å²) in [6.45, 7) is 0. The van der Waals surface area contributed by atoms with Gasteiger partial charge in [-0.2, -0.15) is 0 Å². The molecule has 0 radical (unpaired) electrons. The van der Waals surface area contributed by atoms with Crippen LogP contribution in [-0.2, 0) is 4.74 Å². The van der Waals surface area contributed by atoms with Gasteiger partial charge in [-0.25, -0.2) is 18.6 Å². The van der Waals surface area contributed by atoms with Gasteiger partial charge in [0.2, 0.25) is 0 Å². The number of methoxy groups -OCH3 is 2. The van der Waals surface area contributed by atoms with Crippen LogP contribution in [0.2, 0.25) is 0 Å². The van der Waals surface area contributed by atoms with Gasteiger partial charge >= 0.3 is 5.97 Å². The van der Waals surface area contributed by atoms with Crippen LogP contribution in [0.15, 0.2) is 6.07 Å². The molecule has 0 bridgehead atoms. The number of alkyl halides is 2. The molecular weight excluding hydrogens is 224 g/mol. The smallest absolute Gasteiger partial charge is 0.357 e. The Bertz CT molecular complexity index is 409. The van der Waals surface area contributed by atoms with E-state index in [0.717, 1.165) is 13.2 Å². The van der Waals surface area contributed by atoms with Crippen LogP contribution in [0.5, 0.6) is 11.6 Å². The Morgan fingerprint density at radius 1 is 1.50 bits per heavy atom. The van der Waals surface area contributed by atoms with Gasteiger partial charge in [0.1, 0.15) is 0 Å². The number of carbonyl (C=O) groups excluding carboxylic acids is 1. The summed E-state index contributed by atoms with van der Waals surface area (Å²) < 4.78 is 34.0. The van der Waals surface area contributed by atoms with Crippen molar-refractivity contribution >= 4 is 5.97 Å². The number of hydrogen-bond acceptors (Lipinski definition) is 5. The predicted molar refractivity (Wildman–Crippen MR) is 48.8 cm³/mol. The van der Waals surface area contributed by atoms with E-state index in [2.05, 4.69) is 14.5 Å². The van der Waals surface area contributed by atoms with Gasteiger partial charge in [0.05, 0.1) is 19.8 Å². The van der Waals surface area contributed by atoms with E-state index in [1.54, 1.807) is 0 Å². The Hall–Kier alpha value is -1.92. The number of esters is 1. The number of ether oxygens (including phenoxy) is 2. The minimum atomic E-state index is -2.95. The summed E-state index contributed by atoms with van der Waals surface area (Å²) in [6.07, 6.45) is -2.95. The van der Waals surface area contributed by atoms with E-state index in [9.17, 15) is 18.7 Å². The average molecular weight is 233 g/mol. The average Bonchev–Trinajstić information content (AvgIpc) is 2.27. The van der Waals surface area contributed by atoms with E-state index < -0.39 is 29.4 Å². The molecule has 7 heteroatoms. The van der Waals surface area contributed by atoms with Crippen molar-refractivity contribution < 1.29 is 28.2 Å². The zero-order valence-corrected chi connectivity index (χ0v) is 8.53. The van der Waals surface area contributed by atoms with Crippen LogP contribution in [0.25, 0.3) is 0 Å². The van der Waals surface area contributed by atoms with Crippen molar-refractivity contribution in [1.82, 2.24) is 4.98 Å². The molecule has 0 saturated heterocycles. The van der Waals surface area contributed by atoms with Gasteiger partial charge in [-0.3, -0.25) is 0 Å². The first-order valence-corrected chi connectivity index (χ1v) is 4.15. The third-order valence-corrected chi connectivity index (χ3v) is 1.81. The van der Waals surface area contributed by atoms with Crippen LogP contribution in [-0.4, -0.2) is 30.3 Å². The van der Waals surface area contributed by atoms with Gasteiger partial charge in [-0.15, -0.1) is 0 Å². The van der Waals surface area contributed by atoms with Crippen molar-refractivity contribution in [3.8, 4) is 11.6 Å². The molecule has 5 nitrogen and oxygen atoms in total. The highest BCUT2D eigenvalue weighted by atomic mass is 19.3. The maximum atomic E-state index is 12.5. The molecule has 0 amide bonds. The van der Waals surface area contributed by atoms with Gasteiger partial charge in [0, 0.05) is 0 Å². The van der Waals surface area contributed by atoms with Crippen molar-refractivity contribution in [2.45, 2.75) is 6.43 Å². The second-order valence-electron chi connectivity index (χ2n) is 2.75. The zero-order valence-electron chi connectivity index (χ0n) is 8.53. The van der Waals surface area contributed by atoms with Crippen LogP contribution >= 0.6 is 0 Å². The van der Waals surface area contributed by atoms with Crippen molar-refractivity contribution in [2.75, 3.05) is 14.2 Å². The highest BCUT2D eigenvalue weighted by Crippen LogP contribution is 2.31. The van der Waals surface area contributed by atoms with Crippen LogP contribution in [0.4, 0.5) is 8.78 Å². The number of pyridine rings is 1. The molecule has 1 aromatic heterocycles. The molecule has 88 valence electrons. The summed E-state index contributed by atoms with van der Waals surface area (Å²) in [5.74, 6) is -1.90. The number of halogens is 2. The van der Waals surface area contributed by atoms with E-state index in [1.165, 1.54) is 7.11 Å². The topological polar surface area (TPSA) is 68.7 Å². The van der Waals surface area contributed by atoms with Gasteiger partial charge in [0.15, 0.2) is 11.4 Å². The summed E-state index contributed by atoms with van der Waals surface area (Å²) in [5, 5.41) is 9.25. The Balaban J connectivity index is 3.36. The summed E-state index contributed by atoms with van der Waals surface area (Å²) >= 11 is 0. The van der Waals surface area contributed by atoms with Crippen molar-refractivity contribution in [1.29, 1.82) is 0 Å². The highest BCUT2D eigenvalue weighted by molar-refractivity contribution is 5.89. The summed E-state index contributed by atoms with van der Waals surface area (Å²) in [4.78, 5) is 14.6. The van der Waals surface area contributed by atoms with Crippen molar-refractivity contribution in [3.63, 3.8) is 0 Å². The molecule has 16 heavy (non-hydrogen) atoms. The second-order valence-corrected chi connectivity index (χ2v) is 2.75. The molecule has 0 fully saturated rings. The summed E-state index contributed by atoms with van der Waals surface area (Å²) in [7, 11) is 2.23. The van der Waals surface area contributed by atoms with Gasteiger partial charge in [-0.05, 0) is 6.07 Å². The number of hydrogen-bond donors (Lipinski definition) is 1. The van der Waals surface area contributed by atoms with Crippen LogP contribution < -0.4 is 4.74 Å². The molecule has 0 aliphatic carbocycles. The lowest BCUT2D eigenvalue weighted by Gasteiger charge is -2.09. The molecule has 0 aliphatic rings. The zero-order chi connectivity index (χ0) is 12.3. The molecule has 1 rings (SSSR count). The van der Waals surface area contributed by atoms with Crippen LogP contribution in [0.3, 0.4) is 0 Å². The maximum absolute atomic E-state index is 12.5. The minimum absolute atomic E-state index is 0.315. The van der Waals surface area contributed by atoms with E-state index in [4.69, 9.17) is 0 Å². The molecule has 0 atom stereocenters. The molecule has 1 aromatic rings. The summed E-state index contributed by atoms with van der Waals surface area (Å²) in [6, 6.07) is 0.725. The molecule has 0 aromatic carbocycles. The lowest BCUT2D eigenvalue weighted by molar-refractivity contribution is 0.0580. The Morgan fingerprint density at radius 3 is 2.56 bits per heavy atom. The number of aromatic nitrogens is 1. The monoisotopic (exact) mass is 233 g/mol. The SMILES string of the molecule is COC(=O)c1nc(OC)c(O)cc1C(F)F. The molecule has 0 unspecified atom stereocenters. The Labute approximate surface area is 89.6 Å². The van der Waals surface area contributed by atoms with Crippen LogP contribution in [0, 0.1) is 0 Å². The van der Waals surface area contributed by atoms with Gasteiger partial charge < -0.3 is 14.6 Å². The fraction of sp³-hybridized carbons (Fsp3) is 0.333. The van der Waals surface area contributed by atoms with E-state index in [-0.39, 0.29) is 5.88 Å². The lowest BCUT2D eigenvalue weighted by Crippen LogP contribution is -2.10. The molecule has 0 saturated carbocycles. The van der Waals surface area contributed by atoms with Crippen LogP contribution in [0.1, 0.15) is 22.5 Å². The van der Waals surface area contributed by atoms with E-state index in [0.29, 0.717) is 0 Å². The molecule has 1 N–H and O–H groups in total. The second kappa shape index (κ2) is 4.73. The first-order valence-electron chi connectivity index (χ1n) is 4.15. The first kappa shape index (κ1) is 12.2. The summed E-state index contributed by atoms with van der Waals surface area (Å²) in [5.41, 5.74) is -1.28. The van der Waals surface area contributed by atoms with Gasteiger partial charge in [-0.1, -0.05) is 0 Å². The number of rotatable bonds is 3. The Morgan fingerprint density at radius 2 is 2.12 bits per heavy atom. The molecular formula is C9H9F2NO4. The number of aromatic hydroxyl groups is 1. The molecule has 0 spiro atoms. The molecule has 0 aliphatic heterocycles. The minimum Gasteiger partial charge on any atom is -0.503 e. The highest BCUT2D eigenvalue weighted by Gasteiger charge is 2.24.